The maximum Gasteiger partial charge on any atom is 0.346 e. The predicted molar refractivity (Wildman–Crippen MR) is 104 cm³/mol. The van der Waals surface area contributed by atoms with Crippen LogP contribution in [-0.4, -0.2) is 32.9 Å². The first-order chi connectivity index (χ1) is 12.7. The lowest BCUT2D eigenvalue weighted by molar-refractivity contribution is -0.131. The average Bonchev–Trinajstić information content (AvgIpc) is 3.00. The Bertz CT molecular complexity index is 906. The number of hydrazone groups is 1. The van der Waals surface area contributed by atoms with Gasteiger partial charge in [0, 0.05) is 6.54 Å². The Morgan fingerprint density at radius 3 is 2.59 bits per heavy atom. The van der Waals surface area contributed by atoms with Crippen LogP contribution in [0.2, 0.25) is 5.15 Å². The van der Waals surface area contributed by atoms with Gasteiger partial charge in [0.15, 0.2) is 0 Å². The maximum absolute atomic E-state index is 12.9. The van der Waals surface area contributed by atoms with Crippen LogP contribution in [0.3, 0.4) is 0 Å². The quantitative estimate of drug-likeness (QED) is 0.631. The minimum absolute atomic E-state index is 0.379. The number of hydrogen-bond donors (Lipinski definition) is 1. The molecule has 0 spiro atoms. The molecule has 1 aliphatic heterocycles. The average molecular weight is 388 g/mol. The summed E-state index contributed by atoms with van der Waals surface area (Å²) >= 11 is 6.39. The van der Waals surface area contributed by atoms with E-state index in [2.05, 4.69) is 29.4 Å². The molecule has 0 bridgehead atoms. The van der Waals surface area contributed by atoms with Crippen LogP contribution < -0.4 is 5.32 Å². The molecule has 0 saturated carbocycles. The second-order valence-corrected chi connectivity index (χ2v) is 7.51. The van der Waals surface area contributed by atoms with E-state index in [0.717, 1.165) is 5.01 Å². The standard InChI is InChI=1S/C19H22ClN5O2/c1-12(2)11-24-16(20)15(13(3)23-24)10-21-25-17(26)19(4,22-18(25)27)14-8-6-5-7-9-14/h5-10,12H,11H2,1-4H3,(H,22,27)/t19-/m1/s1. The van der Waals surface area contributed by atoms with Gasteiger partial charge >= 0.3 is 6.03 Å². The van der Waals surface area contributed by atoms with E-state index in [1.54, 1.807) is 23.7 Å². The number of halogens is 1. The summed E-state index contributed by atoms with van der Waals surface area (Å²) < 4.78 is 1.70. The molecule has 1 fully saturated rings. The van der Waals surface area contributed by atoms with Crippen LogP contribution in [0.4, 0.5) is 4.79 Å². The molecule has 8 heteroatoms. The lowest BCUT2D eigenvalue weighted by atomic mass is 9.92. The Morgan fingerprint density at radius 1 is 1.30 bits per heavy atom. The zero-order chi connectivity index (χ0) is 19.8. The molecule has 0 radical (unpaired) electrons. The number of carbonyl (C=O) groups excluding carboxylic acids is 2. The van der Waals surface area contributed by atoms with Crippen molar-refractivity contribution in [2.24, 2.45) is 11.0 Å². The van der Waals surface area contributed by atoms with E-state index in [1.165, 1.54) is 6.21 Å². The van der Waals surface area contributed by atoms with Gasteiger partial charge in [0.25, 0.3) is 5.91 Å². The molecule has 7 nitrogen and oxygen atoms in total. The summed E-state index contributed by atoms with van der Waals surface area (Å²) in [6, 6.07) is 8.50. The minimum Gasteiger partial charge on any atom is -0.318 e. The van der Waals surface area contributed by atoms with Crippen LogP contribution in [0.25, 0.3) is 0 Å². The van der Waals surface area contributed by atoms with E-state index in [1.807, 2.05) is 25.1 Å². The first-order valence-electron chi connectivity index (χ1n) is 8.73. The molecule has 142 valence electrons. The van der Waals surface area contributed by atoms with Crippen molar-refractivity contribution >= 4 is 29.8 Å². The summed E-state index contributed by atoms with van der Waals surface area (Å²) in [5.74, 6) is -0.0672. The highest BCUT2D eigenvalue weighted by molar-refractivity contribution is 6.32. The number of rotatable bonds is 5. The van der Waals surface area contributed by atoms with E-state index in [-0.39, 0.29) is 0 Å². The molecule has 27 heavy (non-hydrogen) atoms. The highest BCUT2D eigenvalue weighted by Gasteiger charge is 2.49. The Labute approximate surface area is 163 Å². The summed E-state index contributed by atoms with van der Waals surface area (Å²) in [4.78, 5) is 25.2. The van der Waals surface area contributed by atoms with Gasteiger partial charge in [-0.25, -0.2) is 4.79 Å². The van der Waals surface area contributed by atoms with Crippen molar-refractivity contribution in [3.8, 4) is 0 Å². The van der Waals surface area contributed by atoms with E-state index in [0.29, 0.717) is 34.4 Å². The van der Waals surface area contributed by atoms with Crippen molar-refractivity contribution in [2.75, 3.05) is 0 Å². The first kappa shape index (κ1) is 19.1. The first-order valence-corrected chi connectivity index (χ1v) is 9.11. The maximum atomic E-state index is 12.9. The number of nitrogens with zero attached hydrogens (tertiary/aromatic N) is 4. The van der Waals surface area contributed by atoms with Gasteiger partial charge in [0.05, 0.1) is 17.5 Å². The number of aromatic nitrogens is 2. The molecule has 1 aromatic carbocycles. The third kappa shape index (κ3) is 3.47. The van der Waals surface area contributed by atoms with Crippen molar-refractivity contribution in [1.82, 2.24) is 20.1 Å². The van der Waals surface area contributed by atoms with Crippen molar-refractivity contribution < 1.29 is 9.59 Å². The highest BCUT2D eigenvalue weighted by atomic mass is 35.5. The second kappa shape index (κ2) is 7.15. The van der Waals surface area contributed by atoms with Gasteiger partial charge in [0.1, 0.15) is 10.7 Å². The van der Waals surface area contributed by atoms with Crippen LogP contribution in [0.5, 0.6) is 0 Å². The van der Waals surface area contributed by atoms with Gasteiger partial charge < -0.3 is 5.32 Å². The SMILES string of the molecule is Cc1nn(CC(C)C)c(Cl)c1C=NN1C(=O)N[C@](C)(c2ccccc2)C1=O. The van der Waals surface area contributed by atoms with Crippen LogP contribution in [0.15, 0.2) is 35.4 Å². The number of hydrogen-bond acceptors (Lipinski definition) is 4. The van der Waals surface area contributed by atoms with Gasteiger partial charge in [0.2, 0.25) is 0 Å². The molecule has 1 N–H and O–H groups in total. The Kier molecular flexibility index (Phi) is 5.06. The molecule has 3 rings (SSSR count). The number of amides is 3. The van der Waals surface area contributed by atoms with Crippen molar-refractivity contribution in [3.05, 3.63) is 52.3 Å². The minimum atomic E-state index is -1.16. The molecule has 2 heterocycles. The summed E-state index contributed by atoms with van der Waals surface area (Å²) in [5, 5.41) is 12.5. The Hall–Kier alpha value is -2.67. The van der Waals surface area contributed by atoms with Crippen molar-refractivity contribution in [3.63, 3.8) is 0 Å². The predicted octanol–water partition coefficient (Wildman–Crippen LogP) is 3.30. The number of benzene rings is 1. The number of aryl methyl sites for hydroxylation is 1. The van der Waals surface area contributed by atoms with E-state index in [9.17, 15) is 9.59 Å². The fourth-order valence-corrected chi connectivity index (χ4v) is 3.28. The molecule has 1 atom stereocenters. The number of nitrogens with one attached hydrogen (secondary N) is 1. The summed E-state index contributed by atoms with van der Waals surface area (Å²) in [7, 11) is 0. The van der Waals surface area contributed by atoms with Crippen LogP contribution in [-0.2, 0) is 16.9 Å². The van der Waals surface area contributed by atoms with Gasteiger partial charge in [-0.05, 0) is 25.3 Å². The van der Waals surface area contributed by atoms with Crippen molar-refractivity contribution in [1.29, 1.82) is 0 Å². The smallest absolute Gasteiger partial charge is 0.318 e. The molecule has 1 saturated heterocycles. The monoisotopic (exact) mass is 387 g/mol. The van der Waals surface area contributed by atoms with Crippen LogP contribution >= 0.6 is 11.6 Å². The Balaban J connectivity index is 1.87. The molecule has 3 amide bonds. The number of carbonyl (C=O) groups is 2. The molecular formula is C19H22ClN5O2. The molecule has 1 aliphatic rings. The van der Waals surface area contributed by atoms with E-state index >= 15 is 0 Å². The second-order valence-electron chi connectivity index (χ2n) is 7.15. The summed E-state index contributed by atoms with van der Waals surface area (Å²) in [6.45, 7) is 8.28. The number of urea groups is 1. The van der Waals surface area contributed by atoms with Crippen LogP contribution in [0, 0.1) is 12.8 Å². The van der Waals surface area contributed by atoms with Gasteiger partial charge in [-0.15, -0.1) is 5.01 Å². The third-order valence-electron chi connectivity index (χ3n) is 4.47. The molecular weight excluding hydrogens is 366 g/mol. The van der Waals surface area contributed by atoms with E-state index in [4.69, 9.17) is 11.6 Å². The normalized spacial score (nSPS) is 20.1. The fourth-order valence-electron chi connectivity index (χ4n) is 2.99. The zero-order valence-corrected chi connectivity index (χ0v) is 16.5. The van der Waals surface area contributed by atoms with Gasteiger partial charge in [-0.3, -0.25) is 9.48 Å². The molecule has 2 aromatic rings. The third-order valence-corrected chi connectivity index (χ3v) is 4.87. The summed E-state index contributed by atoms with van der Waals surface area (Å²) in [6.07, 6.45) is 1.41. The Morgan fingerprint density at radius 2 is 1.96 bits per heavy atom. The number of imide groups is 1. The van der Waals surface area contributed by atoms with Crippen LogP contribution in [0.1, 0.15) is 37.6 Å². The highest BCUT2D eigenvalue weighted by Crippen LogP contribution is 2.29. The molecule has 1 aromatic heterocycles. The van der Waals surface area contributed by atoms with E-state index < -0.39 is 17.5 Å². The van der Waals surface area contributed by atoms with Gasteiger partial charge in [-0.1, -0.05) is 55.8 Å². The topological polar surface area (TPSA) is 79.6 Å². The lowest BCUT2D eigenvalue weighted by Gasteiger charge is -2.20. The lowest BCUT2D eigenvalue weighted by Crippen LogP contribution is -2.40. The molecule has 0 unspecified atom stereocenters. The largest absolute Gasteiger partial charge is 0.346 e. The van der Waals surface area contributed by atoms with Crippen molar-refractivity contribution in [2.45, 2.75) is 39.8 Å². The van der Waals surface area contributed by atoms with Gasteiger partial charge in [-0.2, -0.15) is 10.2 Å². The molecule has 0 aliphatic carbocycles. The zero-order valence-electron chi connectivity index (χ0n) is 15.7. The fraction of sp³-hybridized carbons (Fsp3) is 0.368. The summed E-state index contributed by atoms with van der Waals surface area (Å²) in [5.41, 5.74) is 0.810.